The summed E-state index contributed by atoms with van der Waals surface area (Å²) in [5.74, 6) is -0.0407. The molecule has 0 fully saturated rings. The number of rotatable bonds is 6. The number of hydrogen-bond donors (Lipinski definition) is 1. The molecule has 8 heteroatoms. The molecule has 3 aromatic rings. The summed E-state index contributed by atoms with van der Waals surface area (Å²) < 4.78 is 16.9. The minimum absolute atomic E-state index is 0.0206. The van der Waals surface area contributed by atoms with Crippen molar-refractivity contribution in [2.45, 2.75) is 39.3 Å². The lowest BCUT2D eigenvalue weighted by atomic mass is 9.69. The Hall–Kier alpha value is -3.42. The van der Waals surface area contributed by atoms with Crippen LogP contribution in [0.15, 0.2) is 55.5 Å². The van der Waals surface area contributed by atoms with E-state index >= 15 is 4.39 Å². The van der Waals surface area contributed by atoms with Crippen LogP contribution in [0.25, 0.3) is 22.5 Å². The predicted molar refractivity (Wildman–Crippen MR) is 116 cm³/mol. The fourth-order valence-corrected chi connectivity index (χ4v) is 4.17. The zero-order chi connectivity index (χ0) is 22.0. The van der Waals surface area contributed by atoms with Crippen molar-refractivity contribution in [2.24, 2.45) is 11.3 Å². The van der Waals surface area contributed by atoms with Crippen molar-refractivity contribution in [2.75, 3.05) is 0 Å². The van der Waals surface area contributed by atoms with Crippen LogP contribution in [0.5, 0.6) is 5.75 Å². The monoisotopic (exact) mass is 420 g/mol. The fraction of sp³-hybridized carbons (Fsp3) is 0.348. The van der Waals surface area contributed by atoms with E-state index in [9.17, 15) is 5.11 Å². The molecule has 0 amide bonds. The van der Waals surface area contributed by atoms with Gasteiger partial charge in [0.25, 0.3) is 0 Å². The Balaban J connectivity index is 1.55. The number of halogens is 1. The Morgan fingerprint density at radius 3 is 2.84 bits per heavy atom. The molecular formula is C23H25FN6O. The minimum atomic E-state index is -1.05. The molecule has 7 nitrogen and oxygen atoms in total. The van der Waals surface area contributed by atoms with E-state index in [0.717, 1.165) is 12.8 Å². The van der Waals surface area contributed by atoms with Crippen LogP contribution in [-0.2, 0) is 0 Å². The number of hydrogen-bond acceptors (Lipinski definition) is 6. The zero-order valence-electron chi connectivity index (χ0n) is 17.6. The molecule has 3 atom stereocenters. The molecule has 0 saturated heterocycles. The van der Waals surface area contributed by atoms with Gasteiger partial charge in [0.05, 0.1) is 24.3 Å². The topological polar surface area (TPSA) is 89.6 Å². The van der Waals surface area contributed by atoms with Crippen LogP contribution < -0.4 is 0 Å². The molecule has 160 valence electrons. The van der Waals surface area contributed by atoms with E-state index in [0.29, 0.717) is 34.8 Å². The zero-order valence-corrected chi connectivity index (χ0v) is 17.6. The Morgan fingerprint density at radius 1 is 1.35 bits per heavy atom. The first kappa shape index (κ1) is 20.8. The number of phenols is 1. The van der Waals surface area contributed by atoms with E-state index in [4.69, 9.17) is 0 Å². The molecule has 1 aromatic carbocycles. The van der Waals surface area contributed by atoms with Crippen molar-refractivity contribution < 1.29 is 9.50 Å². The van der Waals surface area contributed by atoms with Crippen LogP contribution in [0.2, 0.25) is 0 Å². The molecule has 2 aromatic heterocycles. The number of alkyl halides is 1. The highest BCUT2D eigenvalue weighted by Crippen LogP contribution is 2.44. The van der Waals surface area contributed by atoms with Gasteiger partial charge in [-0.05, 0) is 30.5 Å². The second-order valence-electron chi connectivity index (χ2n) is 8.14. The van der Waals surface area contributed by atoms with Crippen molar-refractivity contribution >= 4 is 5.57 Å². The van der Waals surface area contributed by atoms with Gasteiger partial charge in [0.15, 0.2) is 5.82 Å². The average Bonchev–Trinajstić information content (AvgIpc) is 3.31. The molecule has 0 radical (unpaired) electrons. The van der Waals surface area contributed by atoms with E-state index in [-0.39, 0.29) is 11.7 Å². The summed E-state index contributed by atoms with van der Waals surface area (Å²) in [6.45, 7) is 8.09. The maximum atomic E-state index is 15.3. The molecule has 0 aliphatic heterocycles. The molecule has 2 heterocycles. The number of aromatic hydroxyl groups is 1. The van der Waals surface area contributed by atoms with Crippen LogP contribution in [0.1, 0.15) is 38.9 Å². The molecule has 1 aliphatic carbocycles. The highest BCUT2D eigenvalue weighted by molar-refractivity contribution is 5.68. The van der Waals surface area contributed by atoms with Gasteiger partial charge in [0.2, 0.25) is 0 Å². The van der Waals surface area contributed by atoms with Crippen molar-refractivity contribution in [3.63, 3.8) is 0 Å². The normalized spacial score (nSPS) is 23.1. The molecule has 0 bridgehead atoms. The third-order valence-electron chi connectivity index (χ3n) is 5.90. The average molecular weight is 420 g/mol. The largest absolute Gasteiger partial charge is 0.507 e. The van der Waals surface area contributed by atoms with E-state index in [2.05, 4.69) is 39.0 Å². The quantitative estimate of drug-likeness (QED) is 0.588. The summed E-state index contributed by atoms with van der Waals surface area (Å²) >= 11 is 0. The Kier molecular flexibility index (Phi) is 5.63. The maximum Gasteiger partial charge on any atom is 0.177 e. The Bertz CT molecular complexity index is 1100. The van der Waals surface area contributed by atoms with Crippen molar-refractivity contribution in [1.82, 2.24) is 30.2 Å². The Labute approximate surface area is 180 Å². The van der Waals surface area contributed by atoms with E-state index in [1.807, 2.05) is 19.1 Å². The number of aromatic nitrogens is 6. The summed E-state index contributed by atoms with van der Waals surface area (Å²) in [7, 11) is 0. The molecule has 0 unspecified atom stereocenters. The first-order valence-electron chi connectivity index (χ1n) is 10.3. The van der Waals surface area contributed by atoms with E-state index in [1.54, 1.807) is 35.3 Å². The van der Waals surface area contributed by atoms with Gasteiger partial charge in [-0.15, -0.1) is 15.3 Å². The summed E-state index contributed by atoms with van der Waals surface area (Å²) in [6, 6.07) is 5.07. The van der Waals surface area contributed by atoms with Gasteiger partial charge in [-0.2, -0.15) is 0 Å². The smallest absolute Gasteiger partial charge is 0.177 e. The van der Waals surface area contributed by atoms with Crippen molar-refractivity contribution in [1.29, 1.82) is 0 Å². The van der Waals surface area contributed by atoms with Crippen molar-refractivity contribution in [3.05, 3.63) is 61.3 Å². The summed E-state index contributed by atoms with van der Waals surface area (Å²) in [6.07, 6.45) is 9.96. The van der Waals surface area contributed by atoms with Crippen LogP contribution in [0.4, 0.5) is 4.39 Å². The third-order valence-corrected chi connectivity index (χ3v) is 5.90. The van der Waals surface area contributed by atoms with Crippen LogP contribution >= 0.6 is 0 Å². The fourth-order valence-electron chi connectivity index (χ4n) is 4.17. The molecule has 1 aliphatic rings. The summed E-state index contributed by atoms with van der Waals surface area (Å²) in [5, 5.41) is 26.5. The van der Waals surface area contributed by atoms with Gasteiger partial charge < -0.3 is 5.11 Å². The number of phenolic OH excluding ortho intramolecular Hbond substituents is 1. The van der Waals surface area contributed by atoms with Gasteiger partial charge in [-0.25, -0.2) is 14.1 Å². The highest BCUT2D eigenvalue weighted by atomic mass is 19.1. The molecule has 0 saturated carbocycles. The van der Waals surface area contributed by atoms with Crippen LogP contribution in [-0.4, -0.2) is 41.5 Å². The third kappa shape index (κ3) is 3.97. The second kappa shape index (κ2) is 8.37. The molecule has 1 N–H and O–H groups in total. The van der Waals surface area contributed by atoms with Crippen molar-refractivity contribution in [3.8, 4) is 22.7 Å². The molecule has 31 heavy (non-hydrogen) atoms. The standard InChI is InChI=1S/C23H25FN6O/c1-4-9-23(3)10-5-6-17(21(23)24)15(2)22-25-14-19(27-28-22)18-8-7-16(13-20(18)31)30-12-11-26-29-30/h5,7-8,10-14,17,21,31H,2,4,6,9H2,1,3H3/t17-,21-,23-/m1/s1. The number of benzene rings is 1. The first-order valence-corrected chi connectivity index (χ1v) is 10.3. The van der Waals surface area contributed by atoms with Gasteiger partial charge in [0, 0.05) is 23.0 Å². The van der Waals surface area contributed by atoms with Crippen LogP contribution in [0.3, 0.4) is 0 Å². The van der Waals surface area contributed by atoms with E-state index in [1.165, 1.54) is 6.20 Å². The lowest BCUT2D eigenvalue weighted by molar-refractivity contribution is 0.113. The summed E-state index contributed by atoms with van der Waals surface area (Å²) in [5.41, 5.74) is 1.60. The summed E-state index contributed by atoms with van der Waals surface area (Å²) in [4.78, 5) is 4.37. The van der Waals surface area contributed by atoms with Crippen LogP contribution in [0, 0.1) is 11.3 Å². The number of nitrogens with zero attached hydrogens (tertiary/aromatic N) is 6. The first-order chi connectivity index (χ1) is 14.9. The van der Waals surface area contributed by atoms with Gasteiger partial charge in [-0.3, -0.25) is 0 Å². The van der Waals surface area contributed by atoms with Gasteiger partial charge >= 0.3 is 0 Å². The van der Waals surface area contributed by atoms with Gasteiger partial charge in [-0.1, -0.05) is 44.2 Å². The lowest BCUT2D eigenvalue weighted by Gasteiger charge is -2.38. The second-order valence-corrected chi connectivity index (χ2v) is 8.14. The minimum Gasteiger partial charge on any atom is -0.507 e. The van der Waals surface area contributed by atoms with E-state index < -0.39 is 11.6 Å². The lowest BCUT2D eigenvalue weighted by Crippen LogP contribution is -2.36. The molecule has 0 spiro atoms. The number of allylic oxidation sites excluding steroid dienone is 3. The predicted octanol–water partition coefficient (Wildman–Crippen LogP) is 4.56. The molecule has 4 rings (SSSR count). The Morgan fingerprint density at radius 2 is 2.19 bits per heavy atom. The molecular weight excluding hydrogens is 395 g/mol. The SMILES string of the molecule is C=C(c1ncc(-c2ccc(-n3ccnn3)cc2O)nn1)[C@H]1CC=C[C@@](C)(CCC)[C@@H]1F. The van der Waals surface area contributed by atoms with Gasteiger partial charge in [0.1, 0.15) is 17.6 Å². The maximum absolute atomic E-state index is 15.3. The highest BCUT2D eigenvalue weighted by Gasteiger charge is 2.41.